The molecule has 0 unspecified atom stereocenters. The van der Waals surface area contributed by atoms with Crippen molar-refractivity contribution in [3.05, 3.63) is 47.5 Å². The molecule has 6 nitrogen and oxygen atoms in total. The third kappa shape index (κ3) is 2.50. The number of fused-ring (bicyclic) bond motifs is 1. The summed E-state index contributed by atoms with van der Waals surface area (Å²) >= 11 is 0. The number of carboxylic acid groups (broad SMARTS) is 1. The van der Waals surface area contributed by atoms with Gasteiger partial charge in [0.15, 0.2) is 0 Å². The Labute approximate surface area is 119 Å². The monoisotopic (exact) mass is 289 g/mol. The topological polar surface area (TPSA) is 74.7 Å². The Bertz CT molecular complexity index is 703. The number of anilines is 1. The number of halogens is 1. The Morgan fingerprint density at radius 2 is 2.29 bits per heavy atom. The Kier molecular flexibility index (Phi) is 3.19. The summed E-state index contributed by atoms with van der Waals surface area (Å²) in [7, 11) is 1.83. The quantitative estimate of drug-likeness (QED) is 0.843. The van der Waals surface area contributed by atoms with Crippen molar-refractivity contribution in [1.82, 2.24) is 10.4 Å². The van der Waals surface area contributed by atoms with Gasteiger partial charge in [0.25, 0.3) is 0 Å². The minimum atomic E-state index is -1.09. The van der Waals surface area contributed by atoms with Crippen LogP contribution in [0.1, 0.15) is 15.9 Å². The van der Waals surface area contributed by atoms with E-state index in [-0.39, 0.29) is 17.1 Å². The van der Waals surface area contributed by atoms with Crippen molar-refractivity contribution in [2.24, 2.45) is 0 Å². The van der Waals surface area contributed by atoms with E-state index < -0.39 is 11.9 Å². The van der Waals surface area contributed by atoms with Crippen molar-refractivity contribution in [3.63, 3.8) is 0 Å². The molecule has 0 bridgehead atoms. The molecule has 1 aliphatic heterocycles. The molecular formula is C14H12FN3O3. The smallest absolute Gasteiger partial charge is 0.339 e. The van der Waals surface area contributed by atoms with Crippen LogP contribution >= 0.6 is 0 Å². The molecule has 1 aromatic heterocycles. The molecule has 21 heavy (non-hydrogen) atoms. The second kappa shape index (κ2) is 5.02. The second-order valence-electron chi connectivity index (χ2n) is 4.59. The molecule has 0 saturated carbocycles. The van der Waals surface area contributed by atoms with E-state index in [0.29, 0.717) is 6.54 Å². The minimum absolute atomic E-state index is 0.0511. The molecule has 0 aliphatic carbocycles. The zero-order chi connectivity index (χ0) is 15.0. The molecule has 2 heterocycles. The number of nitrogens with one attached hydrogen (secondary N) is 1. The maximum atomic E-state index is 12.8. The van der Waals surface area contributed by atoms with Crippen molar-refractivity contribution >= 4 is 11.7 Å². The molecule has 1 aliphatic rings. The maximum Gasteiger partial charge on any atom is 0.339 e. The number of carboxylic acids is 1. The van der Waals surface area contributed by atoms with Crippen LogP contribution in [-0.2, 0) is 6.54 Å². The highest BCUT2D eigenvalue weighted by atomic mass is 19.1. The highest BCUT2D eigenvalue weighted by Crippen LogP contribution is 2.34. The number of nitrogens with zero attached hydrogens (tertiary/aromatic N) is 2. The first kappa shape index (κ1) is 13.3. The van der Waals surface area contributed by atoms with Gasteiger partial charge in [0.1, 0.15) is 17.1 Å². The third-order valence-electron chi connectivity index (χ3n) is 3.21. The first-order chi connectivity index (χ1) is 10.0. The molecule has 0 atom stereocenters. The van der Waals surface area contributed by atoms with Crippen LogP contribution < -0.4 is 15.2 Å². The lowest BCUT2D eigenvalue weighted by Gasteiger charge is -2.15. The summed E-state index contributed by atoms with van der Waals surface area (Å²) in [6, 6.07) is 5.75. The van der Waals surface area contributed by atoms with E-state index in [1.165, 1.54) is 12.3 Å². The number of aromatic nitrogens is 1. The summed E-state index contributed by atoms with van der Waals surface area (Å²) in [5.74, 6) is -1.26. The number of benzene rings is 1. The largest absolute Gasteiger partial charge is 0.478 e. The van der Waals surface area contributed by atoms with Crippen molar-refractivity contribution in [2.45, 2.75) is 6.54 Å². The normalized spacial score (nSPS) is 13.1. The summed E-state index contributed by atoms with van der Waals surface area (Å²) in [5, 5.41) is 11.1. The third-order valence-corrected chi connectivity index (χ3v) is 3.21. The molecule has 0 amide bonds. The van der Waals surface area contributed by atoms with Crippen LogP contribution in [0.15, 0.2) is 30.5 Å². The zero-order valence-corrected chi connectivity index (χ0v) is 11.1. The molecule has 1 aromatic carbocycles. The van der Waals surface area contributed by atoms with Gasteiger partial charge in [-0.15, -0.1) is 0 Å². The van der Waals surface area contributed by atoms with E-state index in [2.05, 4.69) is 10.4 Å². The fraction of sp³-hybridized carbons (Fsp3) is 0.143. The zero-order valence-electron chi connectivity index (χ0n) is 11.1. The summed E-state index contributed by atoms with van der Waals surface area (Å²) < 4.78 is 18.3. The minimum Gasteiger partial charge on any atom is -0.478 e. The molecule has 0 spiro atoms. The van der Waals surface area contributed by atoms with Crippen molar-refractivity contribution in [2.75, 3.05) is 12.1 Å². The highest BCUT2D eigenvalue weighted by molar-refractivity contribution is 5.92. The van der Waals surface area contributed by atoms with Crippen LogP contribution in [0.4, 0.5) is 10.1 Å². The van der Waals surface area contributed by atoms with E-state index in [0.717, 1.165) is 17.3 Å². The predicted molar refractivity (Wildman–Crippen MR) is 72.9 cm³/mol. The van der Waals surface area contributed by atoms with Gasteiger partial charge < -0.3 is 14.9 Å². The van der Waals surface area contributed by atoms with Crippen LogP contribution in [0, 0.1) is 5.95 Å². The van der Waals surface area contributed by atoms with E-state index in [1.54, 1.807) is 17.1 Å². The molecule has 2 aromatic rings. The van der Waals surface area contributed by atoms with Crippen molar-refractivity contribution < 1.29 is 19.0 Å². The predicted octanol–water partition coefficient (Wildman–Crippen LogP) is 2.17. The van der Waals surface area contributed by atoms with Crippen molar-refractivity contribution in [3.8, 4) is 11.5 Å². The molecule has 3 rings (SSSR count). The van der Waals surface area contributed by atoms with Crippen LogP contribution in [-0.4, -0.2) is 23.1 Å². The number of pyridine rings is 1. The molecule has 108 valence electrons. The standard InChI is InChI=1S/C14H12FN3O3/c1-18-11-5-12(21-9-2-3-13(15)16-7-9)10(14(19)20)4-8(11)6-17-18/h2-5,7,17H,6H2,1H3,(H,19,20). The number of hydrazine groups is 1. The Morgan fingerprint density at radius 3 is 2.95 bits per heavy atom. The van der Waals surface area contributed by atoms with Gasteiger partial charge in [-0.1, -0.05) is 0 Å². The van der Waals surface area contributed by atoms with Crippen LogP contribution in [0.3, 0.4) is 0 Å². The maximum absolute atomic E-state index is 12.8. The Balaban J connectivity index is 2.02. The number of ether oxygens (including phenoxy) is 1. The van der Waals surface area contributed by atoms with E-state index in [4.69, 9.17) is 4.74 Å². The molecule has 0 radical (unpaired) electrons. The lowest BCUT2D eigenvalue weighted by atomic mass is 10.1. The lowest BCUT2D eigenvalue weighted by molar-refractivity contribution is 0.0694. The fourth-order valence-corrected chi connectivity index (χ4v) is 2.16. The van der Waals surface area contributed by atoms with E-state index in [1.807, 2.05) is 7.05 Å². The summed E-state index contributed by atoms with van der Waals surface area (Å²) in [5.41, 5.74) is 4.84. The molecule has 0 fully saturated rings. The Morgan fingerprint density at radius 1 is 1.48 bits per heavy atom. The van der Waals surface area contributed by atoms with Gasteiger partial charge in [-0.2, -0.15) is 4.39 Å². The highest BCUT2D eigenvalue weighted by Gasteiger charge is 2.22. The van der Waals surface area contributed by atoms with Gasteiger partial charge in [-0.05, 0) is 23.8 Å². The van der Waals surface area contributed by atoms with Gasteiger partial charge >= 0.3 is 5.97 Å². The lowest BCUT2D eigenvalue weighted by Crippen LogP contribution is -2.26. The van der Waals surface area contributed by atoms with Crippen LogP contribution in [0.25, 0.3) is 0 Å². The summed E-state index contributed by atoms with van der Waals surface area (Å²) in [6.45, 7) is 0.560. The number of hydrogen-bond donors (Lipinski definition) is 2. The molecule has 0 saturated heterocycles. The average molecular weight is 289 g/mol. The summed E-state index contributed by atoms with van der Waals surface area (Å²) in [6.07, 6.45) is 1.20. The summed E-state index contributed by atoms with van der Waals surface area (Å²) in [4.78, 5) is 14.8. The number of hydrogen-bond acceptors (Lipinski definition) is 5. The van der Waals surface area contributed by atoms with Gasteiger partial charge in [-0.25, -0.2) is 15.2 Å². The number of aromatic carboxylic acids is 1. The Hall–Kier alpha value is -2.67. The average Bonchev–Trinajstić information content (AvgIpc) is 2.81. The molecular weight excluding hydrogens is 277 g/mol. The number of carbonyl (C=O) groups is 1. The van der Waals surface area contributed by atoms with Crippen LogP contribution in [0.5, 0.6) is 11.5 Å². The second-order valence-corrected chi connectivity index (χ2v) is 4.59. The van der Waals surface area contributed by atoms with Crippen LogP contribution in [0.2, 0.25) is 0 Å². The van der Waals surface area contributed by atoms with Gasteiger partial charge in [0.2, 0.25) is 5.95 Å². The SMILES string of the molecule is CN1NCc2cc(C(=O)O)c(Oc3ccc(F)nc3)cc21. The molecule has 7 heteroatoms. The van der Waals surface area contributed by atoms with Gasteiger partial charge in [0, 0.05) is 19.7 Å². The van der Waals surface area contributed by atoms with Gasteiger partial charge in [0.05, 0.1) is 11.9 Å². The first-order valence-electron chi connectivity index (χ1n) is 6.21. The van der Waals surface area contributed by atoms with E-state index in [9.17, 15) is 14.3 Å². The molecule has 2 N–H and O–H groups in total. The van der Waals surface area contributed by atoms with E-state index >= 15 is 0 Å². The fourth-order valence-electron chi connectivity index (χ4n) is 2.16. The van der Waals surface area contributed by atoms with Gasteiger partial charge in [-0.3, -0.25) is 0 Å². The van der Waals surface area contributed by atoms with Crippen molar-refractivity contribution in [1.29, 1.82) is 0 Å². The first-order valence-corrected chi connectivity index (χ1v) is 6.21. The number of rotatable bonds is 3.